The summed E-state index contributed by atoms with van der Waals surface area (Å²) in [5.74, 6) is 1.01. The van der Waals surface area contributed by atoms with Crippen molar-refractivity contribution in [3.63, 3.8) is 0 Å². The molecule has 1 saturated heterocycles. The Labute approximate surface area is 165 Å². The van der Waals surface area contributed by atoms with Crippen molar-refractivity contribution in [2.75, 3.05) is 6.54 Å². The van der Waals surface area contributed by atoms with Gasteiger partial charge in [0, 0.05) is 19.0 Å². The Morgan fingerprint density at radius 2 is 1.75 bits per heavy atom. The number of fused-ring (bicyclic) bond motifs is 1. The maximum absolute atomic E-state index is 13.8. The van der Waals surface area contributed by atoms with E-state index in [-0.39, 0.29) is 29.8 Å². The van der Waals surface area contributed by atoms with Crippen molar-refractivity contribution in [1.82, 2.24) is 9.80 Å². The number of imide groups is 1. The zero-order valence-electron chi connectivity index (χ0n) is 16.0. The smallest absolute Gasteiger partial charge is 0.328 e. The number of urea groups is 1. The molecule has 4 saturated carbocycles. The van der Waals surface area contributed by atoms with Crippen LogP contribution in [-0.4, -0.2) is 50.6 Å². The molecule has 0 radical (unpaired) electrons. The topological polar surface area (TPSA) is 60.9 Å². The highest BCUT2D eigenvalue weighted by Gasteiger charge is 2.64. The second kappa shape index (κ2) is 5.47. The third-order valence-corrected chi connectivity index (χ3v) is 8.00. The van der Waals surface area contributed by atoms with Crippen molar-refractivity contribution in [1.29, 1.82) is 0 Å². The number of carbonyl (C=O) groups excluding carboxylic acids is 2. The lowest BCUT2D eigenvalue weighted by Gasteiger charge is -2.59. The van der Waals surface area contributed by atoms with Crippen LogP contribution in [0.1, 0.15) is 37.7 Å². The van der Waals surface area contributed by atoms with E-state index < -0.39 is 11.1 Å². The van der Waals surface area contributed by atoms with E-state index in [1.807, 2.05) is 42.5 Å². The van der Waals surface area contributed by atoms with E-state index in [0.29, 0.717) is 18.9 Å². The van der Waals surface area contributed by atoms with E-state index in [0.717, 1.165) is 37.7 Å². The summed E-state index contributed by atoms with van der Waals surface area (Å²) >= 11 is 0. The van der Waals surface area contributed by atoms with Crippen LogP contribution in [0.15, 0.2) is 42.5 Å². The van der Waals surface area contributed by atoms with Crippen LogP contribution in [0.4, 0.5) is 4.79 Å². The molecule has 4 aliphatic carbocycles. The number of benzene rings is 1. The van der Waals surface area contributed by atoms with Crippen LogP contribution >= 0.6 is 0 Å². The Morgan fingerprint density at radius 3 is 2.43 bits per heavy atom. The fourth-order valence-electron chi connectivity index (χ4n) is 7.24. The molecular weight excluding hydrogens is 352 g/mol. The first-order valence-electron chi connectivity index (χ1n) is 10.6. The molecule has 2 heterocycles. The first kappa shape index (κ1) is 16.8. The summed E-state index contributed by atoms with van der Waals surface area (Å²) in [6.45, 7) is 0.503. The van der Waals surface area contributed by atoms with Crippen molar-refractivity contribution in [2.45, 2.75) is 55.7 Å². The number of nitrogens with zero attached hydrogens (tertiary/aromatic N) is 2. The fraction of sp³-hybridized carbons (Fsp3) is 0.565. The van der Waals surface area contributed by atoms with Gasteiger partial charge in [-0.1, -0.05) is 42.5 Å². The highest BCUT2D eigenvalue weighted by Crippen LogP contribution is 2.58. The van der Waals surface area contributed by atoms with E-state index in [1.54, 1.807) is 9.80 Å². The predicted molar refractivity (Wildman–Crippen MR) is 103 cm³/mol. The summed E-state index contributed by atoms with van der Waals surface area (Å²) < 4.78 is 0. The van der Waals surface area contributed by atoms with Gasteiger partial charge in [-0.15, -0.1) is 0 Å². The van der Waals surface area contributed by atoms with Gasteiger partial charge in [0.05, 0.1) is 5.60 Å². The molecule has 2 aliphatic heterocycles. The Kier molecular flexibility index (Phi) is 3.28. The lowest BCUT2D eigenvalue weighted by Crippen LogP contribution is -2.63. The summed E-state index contributed by atoms with van der Waals surface area (Å²) in [6, 6.07) is 9.81. The van der Waals surface area contributed by atoms with E-state index in [1.165, 1.54) is 0 Å². The summed E-state index contributed by atoms with van der Waals surface area (Å²) in [4.78, 5) is 30.6. The van der Waals surface area contributed by atoms with Crippen LogP contribution in [0.25, 0.3) is 0 Å². The minimum absolute atomic E-state index is 0.0385. The minimum atomic E-state index is -0.871. The van der Waals surface area contributed by atoms with Crippen LogP contribution in [0.3, 0.4) is 0 Å². The number of amides is 3. The van der Waals surface area contributed by atoms with Gasteiger partial charge >= 0.3 is 6.03 Å². The average molecular weight is 378 g/mol. The Bertz CT molecular complexity index is 865. The SMILES string of the molecule is O=C1N(C2C3CC4CC2CC(O)(C4)C3)C(=O)C2(Cc3ccccc3)C=CCN12. The standard InChI is InChI=1S/C23H26N2O3/c26-20-23(12-15-5-2-1-3-6-15)7-4-8-24(23)21(27)25(20)19-17-9-16-10-18(19)14-22(28,11-16)13-17/h1-7,16-19,28H,8-14H2. The van der Waals surface area contributed by atoms with Gasteiger partial charge in [0.2, 0.25) is 0 Å². The molecule has 5 nitrogen and oxygen atoms in total. The Balaban J connectivity index is 1.36. The van der Waals surface area contributed by atoms with Gasteiger partial charge in [-0.3, -0.25) is 9.69 Å². The molecule has 1 aromatic carbocycles. The molecule has 0 spiro atoms. The van der Waals surface area contributed by atoms with Crippen molar-refractivity contribution in [2.24, 2.45) is 17.8 Å². The van der Waals surface area contributed by atoms with Crippen LogP contribution in [-0.2, 0) is 11.2 Å². The normalized spacial score (nSPS) is 43.3. The van der Waals surface area contributed by atoms with Crippen LogP contribution in [0.2, 0.25) is 0 Å². The second-order valence-electron chi connectivity index (χ2n) is 9.74. The van der Waals surface area contributed by atoms with Crippen LogP contribution < -0.4 is 0 Å². The van der Waals surface area contributed by atoms with Gasteiger partial charge in [-0.25, -0.2) is 4.79 Å². The Morgan fingerprint density at radius 1 is 1.04 bits per heavy atom. The molecule has 5 heteroatoms. The molecule has 4 bridgehead atoms. The second-order valence-corrected chi connectivity index (χ2v) is 9.74. The van der Waals surface area contributed by atoms with Crippen molar-refractivity contribution >= 4 is 11.9 Å². The van der Waals surface area contributed by atoms with Gasteiger partial charge < -0.3 is 10.0 Å². The number of carbonyl (C=O) groups is 2. The minimum Gasteiger partial charge on any atom is -0.390 e. The molecule has 1 N–H and O–H groups in total. The quantitative estimate of drug-likeness (QED) is 0.650. The molecule has 5 fully saturated rings. The molecule has 3 amide bonds. The lowest BCUT2D eigenvalue weighted by molar-refractivity contribution is -0.162. The number of hydrogen-bond donors (Lipinski definition) is 1. The van der Waals surface area contributed by atoms with Crippen molar-refractivity contribution < 1.29 is 14.7 Å². The van der Waals surface area contributed by atoms with E-state index in [4.69, 9.17) is 0 Å². The van der Waals surface area contributed by atoms with E-state index in [2.05, 4.69) is 0 Å². The molecule has 7 rings (SSSR count). The summed E-state index contributed by atoms with van der Waals surface area (Å²) in [5.41, 5.74) is -0.359. The van der Waals surface area contributed by atoms with Gasteiger partial charge in [0.15, 0.2) is 0 Å². The maximum Gasteiger partial charge on any atom is 0.328 e. The summed E-state index contributed by atoms with van der Waals surface area (Å²) in [6.07, 6.45) is 8.90. The number of aliphatic hydroxyl groups is 1. The van der Waals surface area contributed by atoms with Crippen LogP contribution in [0, 0.1) is 17.8 Å². The summed E-state index contributed by atoms with van der Waals surface area (Å²) in [7, 11) is 0. The molecule has 0 aromatic heterocycles. The van der Waals surface area contributed by atoms with E-state index >= 15 is 0 Å². The monoisotopic (exact) mass is 378 g/mol. The van der Waals surface area contributed by atoms with Crippen molar-refractivity contribution in [3.8, 4) is 0 Å². The first-order chi connectivity index (χ1) is 13.5. The molecular formula is C23H26N2O3. The lowest BCUT2D eigenvalue weighted by atomic mass is 9.52. The third kappa shape index (κ3) is 2.11. The zero-order chi connectivity index (χ0) is 19.1. The zero-order valence-corrected chi connectivity index (χ0v) is 16.0. The molecule has 1 aromatic rings. The van der Waals surface area contributed by atoms with Gasteiger partial charge in [-0.05, 0) is 55.4 Å². The highest BCUT2D eigenvalue weighted by atomic mass is 16.3. The third-order valence-electron chi connectivity index (χ3n) is 8.00. The molecule has 28 heavy (non-hydrogen) atoms. The fourth-order valence-corrected chi connectivity index (χ4v) is 7.24. The number of hydrogen-bond acceptors (Lipinski definition) is 3. The maximum atomic E-state index is 13.8. The molecule has 6 aliphatic rings. The largest absolute Gasteiger partial charge is 0.390 e. The van der Waals surface area contributed by atoms with Gasteiger partial charge in [0.1, 0.15) is 5.54 Å². The van der Waals surface area contributed by atoms with Crippen LogP contribution in [0.5, 0.6) is 0 Å². The van der Waals surface area contributed by atoms with E-state index in [9.17, 15) is 14.7 Å². The van der Waals surface area contributed by atoms with Gasteiger partial charge in [0.25, 0.3) is 5.91 Å². The summed E-state index contributed by atoms with van der Waals surface area (Å²) in [5, 5.41) is 10.9. The first-order valence-corrected chi connectivity index (χ1v) is 10.6. The Hall–Kier alpha value is -2.14. The molecule has 3 atom stereocenters. The predicted octanol–water partition coefficient (Wildman–Crippen LogP) is 2.74. The van der Waals surface area contributed by atoms with Gasteiger partial charge in [-0.2, -0.15) is 0 Å². The molecule has 146 valence electrons. The van der Waals surface area contributed by atoms with Crippen molar-refractivity contribution in [3.05, 3.63) is 48.0 Å². The number of rotatable bonds is 3. The highest BCUT2D eigenvalue weighted by molar-refractivity contribution is 6.09. The average Bonchev–Trinajstić information content (AvgIpc) is 3.14. The molecule has 3 unspecified atom stereocenters.